The van der Waals surface area contributed by atoms with E-state index in [0.29, 0.717) is 26.1 Å². The zero-order valence-corrected chi connectivity index (χ0v) is 16.0. The van der Waals surface area contributed by atoms with E-state index in [9.17, 15) is 4.79 Å². The summed E-state index contributed by atoms with van der Waals surface area (Å²) in [6.07, 6.45) is 5.81. The molecule has 0 radical (unpaired) electrons. The number of amides is 1. The van der Waals surface area contributed by atoms with Crippen LogP contribution in [0.2, 0.25) is 0 Å². The van der Waals surface area contributed by atoms with E-state index in [1.165, 1.54) is 5.56 Å². The number of carbonyl (C=O) groups is 1. The molecule has 3 heterocycles. The van der Waals surface area contributed by atoms with Crippen molar-refractivity contribution >= 4 is 22.8 Å². The monoisotopic (exact) mass is 379 g/mol. The third-order valence-corrected chi connectivity index (χ3v) is 5.22. The Bertz CT molecular complexity index is 918. The molecule has 0 aliphatic carbocycles. The van der Waals surface area contributed by atoms with E-state index in [1.54, 1.807) is 12.4 Å². The number of piperazine rings is 1. The van der Waals surface area contributed by atoms with E-state index in [4.69, 9.17) is 0 Å². The van der Waals surface area contributed by atoms with Crippen molar-refractivity contribution in [2.45, 2.75) is 19.4 Å². The second-order valence-electron chi connectivity index (χ2n) is 7.06. The predicted molar refractivity (Wildman–Crippen MR) is 108 cm³/mol. The highest BCUT2D eigenvalue weighted by Crippen LogP contribution is 2.18. The molecule has 1 aliphatic rings. The smallest absolute Gasteiger partial charge is 0.225 e. The molecule has 0 bridgehead atoms. The number of fused-ring (bicyclic) bond motifs is 1. The fourth-order valence-corrected chi connectivity index (χ4v) is 3.51. The minimum absolute atomic E-state index is 0.174. The highest BCUT2D eigenvalue weighted by Gasteiger charge is 2.22. The summed E-state index contributed by atoms with van der Waals surface area (Å²) >= 11 is 0. The number of carbonyl (C=O) groups excluding carboxylic acids is 1. The quantitative estimate of drug-likeness (QED) is 0.678. The maximum atomic E-state index is 12.5. The van der Waals surface area contributed by atoms with Gasteiger partial charge in [-0.25, -0.2) is 9.97 Å². The van der Waals surface area contributed by atoms with Crippen LogP contribution in [-0.4, -0.2) is 63.7 Å². The van der Waals surface area contributed by atoms with Crippen LogP contribution in [-0.2, 0) is 4.79 Å². The van der Waals surface area contributed by atoms with Crippen LogP contribution in [0.25, 0.3) is 10.9 Å². The van der Waals surface area contributed by atoms with Crippen molar-refractivity contribution in [2.75, 3.05) is 37.6 Å². The maximum absolute atomic E-state index is 12.5. The van der Waals surface area contributed by atoms with Gasteiger partial charge in [0.15, 0.2) is 0 Å². The molecule has 2 N–H and O–H groups in total. The Hall–Kier alpha value is -3.00. The summed E-state index contributed by atoms with van der Waals surface area (Å²) in [6, 6.07) is 8.25. The summed E-state index contributed by atoms with van der Waals surface area (Å²) in [4.78, 5) is 25.1. The first-order valence-corrected chi connectivity index (χ1v) is 9.67. The Kier molecular flexibility index (Phi) is 5.48. The van der Waals surface area contributed by atoms with E-state index >= 15 is 0 Å². The van der Waals surface area contributed by atoms with Gasteiger partial charge in [-0.1, -0.05) is 12.1 Å². The molecule has 1 amide bonds. The van der Waals surface area contributed by atoms with Crippen LogP contribution < -0.4 is 10.2 Å². The molecular formula is C20H25N7O. The molecule has 1 aliphatic heterocycles. The van der Waals surface area contributed by atoms with Gasteiger partial charge < -0.3 is 15.1 Å². The van der Waals surface area contributed by atoms with Crippen LogP contribution in [0.15, 0.2) is 42.9 Å². The number of aromatic amines is 1. The molecule has 1 fully saturated rings. The molecular weight excluding hydrogens is 354 g/mol. The minimum atomic E-state index is 0.174. The Morgan fingerprint density at radius 3 is 2.79 bits per heavy atom. The highest BCUT2D eigenvalue weighted by atomic mass is 16.2. The van der Waals surface area contributed by atoms with Crippen LogP contribution in [0.4, 0.5) is 5.95 Å². The Morgan fingerprint density at radius 2 is 2.00 bits per heavy atom. The van der Waals surface area contributed by atoms with Gasteiger partial charge in [0.1, 0.15) is 0 Å². The second-order valence-corrected chi connectivity index (χ2v) is 7.06. The Morgan fingerprint density at radius 1 is 1.21 bits per heavy atom. The molecule has 0 saturated carbocycles. The number of H-pyrrole nitrogens is 1. The standard InChI is InChI=1S/C20H25N7O/c1-15(16-3-4-17-14-24-25-18(17)13-16)21-8-5-19(28)26-9-11-27(12-10-26)20-22-6-2-7-23-20/h2-4,6-7,13-15,21H,5,8-12H2,1H3,(H,24,25). The van der Waals surface area contributed by atoms with Gasteiger partial charge in [-0.15, -0.1) is 0 Å². The number of benzene rings is 1. The van der Waals surface area contributed by atoms with Gasteiger partial charge in [0.05, 0.1) is 11.7 Å². The van der Waals surface area contributed by atoms with Crippen molar-refractivity contribution in [3.63, 3.8) is 0 Å². The molecule has 0 spiro atoms. The Balaban J connectivity index is 1.22. The van der Waals surface area contributed by atoms with Crippen LogP contribution in [0.1, 0.15) is 24.9 Å². The zero-order chi connectivity index (χ0) is 19.3. The summed E-state index contributed by atoms with van der Waals surface area (Å²) in [6.45, 7) is 5.73. The number of hydrogen-bond acceptors (Lipinski definition) is 6. The van der Waals surface area contributed by atoms with Crippen molar-refractivity contribution in [2.24, 2.45) is 0 Å². The van der Waals surface area contributed by atoms with Gasteiger partial charge in [-0.2, -0.15) is 5.10 Å². The topological polar surface area (TPSA) is 90.0 Å². The molecule has 1 unspecified atom stereocenters. The molecule has 146 valence electrons. The summed E-state index contributed by atoms with van der Waals surface area (Å²) in [5, 5.41) is 11.6. The molecule has 4 rings (SSSR count). The fraction of sp³-hybridized carbons (Fsp3) is 0.400. The number of nitrogens with zero attached hydrogens (tertiary/aromatic N) is 5. The molecule has 1 saturated heterocycles. The molecule has 2 aromatic heterocycles. The van der Waals surface area contributed by atoms with Crippen LogP contribution >= 0.6 is 0 Å². The lowest BCUT2D eigenvalue weighted by Crippen LogP contribution is -2.49. The number of aromatic nitrogens is 4. The lowest BCUT2D eigenvalue weighted by molar-refractivity contribution is -0.131. The summed E-state index contributed by atoms with van der Waals surface area (Å²) in [7, 11) is 0. The molecule has 8 nitrogen and oxygen atoms in total. The zero-order valence-electron chi connectivity index (χ0n) is 16.0. The van der Waals surface area contributed by atoms with Crippen molar-refractivity contribution in [3.05, 3.63) is 48.4 Å². The van der Waals surface area contributed by atoms with Crippen LogP contribution in [0.3, 0.4) is 0 Å². The summed E-state index contributed by atoms with van der Waals surface area (Å²) < 4.78 is 0. The van der Waals surface area contributed by atoms with E-state index in [1.807, 2.05) is 17.2 Å². The first kappa shape index (κ1) is 18.4. The maximum Gasteiger partial charge on any atom is 0.225 e. The molecule has 1 atom stereocenters. The molecule has 8 heteroatoms. The summed E-state index contributed by atoms with van der Waals surface area (Å²) in [5.74, 6) is 0.927. The predicted octanol–water partition coefficient (Wildman–Crippen LogP) is 1.74. The fourth-order valence-electron chi connectivity index (χ4n) is 3.51. The third-order valence-electron chi connectivity index (χ3n) is 5.22. The van der Waals surface area contributed by atoms with Crippen molar-refractivity contribution in [1.29, 1.82) is 0 Å². The van der Waals surface area contributed by atoms with Gasteiger partial charge in [0, 0.05) is 63.0 Å². The number of nitrogens with one attached hydrogen (secondary N) is 2. The largest absolute Gasteiger partial charge is 0.339 e. The van der Waals surface area contributed by atoms with E-state index in [0.717, 1.165) is 29.9 Å². The lowest BCUT2D eigenvalue weighted by atomic mass is 10.1. The van der Waals surface area contributed by atoms with Gasteiger partial charge >= 0.3 is 0 Å². The average molecular weight is 379 g/mol. The van der Waals surface area contributed by atoms with Gasteiger partial charge in [-0.3, -0.25) is 9.89 Å². The van der Waals surface area contributed by atoms with Gasteiger partial charge in [-0.05, 0) is 24.6 Å². The number of anilines is 1. The van der Waals surface area contributed by atoms with E-state index in [-0.39, 0.29) is 11.9 Å². The van der Waals surface area contributed by atoms with Gasteiger partial charge in [0.2, 0.25) is 11.9 Å². The van der Waals surface area contributed by atoms with Crippen molar-refractivity contribution in [1.82, 2.24) is 30.4 Å². The SMILES string of the molecule is CC(NCCC(=O)N1CCN(c2ncccn2)CC1)c1ccc2cn[nH]c2c1. The summed E-state index contributed by atoms with van der Waals surface area (Å²) in [5.41, 5.74) is 2.21. The lowest BCUT2D eigenvalue weighted by Gasteiger charge is -2.34. The first-order valence-electron chi connectivity index (χ1n) is 9.67. The molecule has 1 aromatic carbocycles. The third kappa shape index (κ3) is 4.12. The minimum Gasteiger partial charge on any atom is -0.339 e. The van der Waals surface area contributed by atoms with Crippen LogP contribution in [0, 0.1) is 0 Å². The van der Waals surface area contributed by atoms with E-state index in [2.05, 4.69) is 55.5 Å². The van der Waals surface area contributed by atoms with Gasteiger partial charge in [0.25, 0.3) is 0 Å². The van der Waals surface area contributed by atoms with E-state index < -0.39 is 0 Å². The highest BCUT2D eigenvalue weighted by molar-refractivity contribution is 5.78. The first-order chi connectivity index (χ1) is 13.7. The average Bonchev–Trinajstić information content (AvgIpc) is 3.22. The molecule has 28 heavy (non-hydrogen) atoms. The number of rotatable bonds is 6. The Labute approximate surface area is 164 Å². The normalized spacial score (nSPS) is 15.8. The van der Waals surface area contributed by atoms with Crippen molar-refractivity contribution in [3.8, 4) is 0 Å². The molecule has 3 aromatic rings. The number of hydrogen-bond donors (Lipinski definition) is 2. The van der Waals surface area contributed by atoms with Crippen molar-refractivity contribution < 1.29 is 4.79 Å². The second kappa shape index (κ2) is 8.35. The van der Waals surface area contributed by atoms with Crippen LogP contribution in [0.5, 0.6) is 0 Å².